The number of H-pyrrole nitrogens is 1. The normalized spacial score (nSPS) is 11.8. The third kappa shape index (κ3) is 1.66. The van der Waals surface area contributed by atoms with Crippen molar-refractivity contribution < 1.29 is 0 Å². The summed E-state index contributed by atoms with van der Waals surface area (Å²) in [5, 5.41) is 2.67. The highest BCUT2D eigenvalue weighted by molar-refractivity contribution is 14.1. The van der Waals surface area contributed by atoms with E-state index in [0.29, 0.717) is 5.92 Å². The molecule has 1 aromatic heterocycles. The molecule has 0 unspecified atom stereocenters. The monoisotopic (exact) mass is 335 g/mol. The molecule has 1 nitrogen and oxygen atoms in total. The van der Waals surface area contributed by atoms with E-state index in [1.165, 1.54) is 30.9 Å². The van der Waals surface area contributed by atoms with Crippen LogP contribution < -0.4 is 0 Å². The quantitative estimate of drug-likeness (QED) is 0.599. The summed E-state index contributed by atoms with van der Waals surface area (Å²) >= 11 is 2.39. The van der Waals surface area contributed by atoms with Gasteiger partial charge in [0.15, 0.2) is 0 Å². The molecule has 1 N–H and O–H groups in total. The van der Waals surface area contributed by atoms with E-state index in [2.05, 4.69) is 77.8 Å². The molecule has 0 bridgehead atoms. The fraction of sp³-hybridized carbons (Fsp3) is 0.200. The molecule has 1 heterocycles. The molecular weight excluding hydrogens is 321 g/mol. The number of hydrogen-bond acceptors (Lipinski definition) is 0. The maximum Gasteiger partial charge on any atom is 0.0600 e. The molecule has 0 aliphatic heterocycles. The Morgan fingerprint density at radius 2 is 1.59 bits per heavy atom. The Balaban J connectivity index is 2.51. The summed E-state index contributed by atoms with van der Waals surface area (Å²) in [5.41, 5.74) is 3.95. The van der Waals surface area contributed by atoms with E-state index in [-0.39, 0.29) is 0 Å². The first-order valence-corrected chi connectivity index (χ1v) is 6.95. The zero-order valence-corrected chi connectivity index (χ0v) is 12.1. The predicted molar refractivity (Wildman–Crippen MR) is 82.6 cm³/mol. The molecule has 86 valence electrons. The maximum absolute atomic E-state index is 3.59. The molecule has 3 rings (SSSR count). The molecule has 2 heteroatoms. The standard InChI is InChI=1S/C15H14IN/c1-9(2)10-5-3-6-11-12-7-4-8-13(16)15(12)17-14(10)11/h3-9,17H,1-2H3. The number of aromatic nitrogens is 1. The summed E-state index contributed by atoms with van der Waals surface area (Å²) < 4.78 is 1.28. The topological polar surface area (TPSA) is 15.8 Å². The van der Waals surface area contributed by atoms with Crippen molar-refractivity contribution in [1.82, 2.24) is 4.98 Å². The van der Waals surface area contributed by atoms with Crippen molar-refractivity contribution in [3.63, 3.8) is 0 Å². The lowest BCUT2D eigenvalue weighted by atomic mass is 10.00. The Labute approximate surface area is 114 Å². The van der Waals surface area contributed by atoms with Gasteiger partial charge < -0.3 is 4.98 Å². The van der Waals surface area contributed by atoms with Crippen LogP contribution in [0.3, 0.4) is 0 Å². The van der Waals surface area contributed by atoms with E-state index in [0.717, 1.165) is 0 Å². The molecular formula is C15H14IN. The number of halogens is 1. The highest BCUT2D eigenvalue weighted by Gasteiger charge is 2.11. The second kappa shape index (κ2) is 4.02. The largest absolute Gasteiger partial charge is 0.353 e. The Morgan fingerprint density at radius 3 is 2.29 bits per heavy atom. The van der Waals surface area contributed by atoms with Gasteiger partial charge in [0.1, 0.15) is 0 Å². The highest BCUT2D eigenvalue weighted by Crippen LogP contribution is 2.32. The van der Waals surface area contributed by atoms with Gasteiger partial charge in [0.2, 0.25) is 0 Å². The van der Waals surface area contributed by atoms with Gasteiger partial charge in [-0.3, -0.25) is 0 Å². The molecule has 0 saturated heterocycles. The lowest BCUT2D eigenvalue weighted by Crippen LogP contribution is -1.88. The third-order valence-corrected chi connectivity index (χ3v) is 4.17. The summed E-state index contributed by atoms with van der Waals surface area (Å²) in [5.74, 6) is 0.546. The van der Waals surface area contributed by atoms with Crippen molar-refractivity contribution in [1.29, 1.82) is 0 Å². The third-order valence-electron chi connectivity index (χ3n) is 3.27. The van der Waals surface area contributed by atoms with E-state index in [4.69, 9.17) is 0 Å². The fourth-order valence-electron chi connectivity index (χ4n) is 2.42. The number of nitrogens with one attached hydrogen (secondary N) is 1. The van der Waals surface area contributed by atoms with Crippen molar-refractivity contribution >= 4 is 44.4 Å². The van der Waals surface area contributed by atoms with Crippen LogP contribution in [0.1, 0.15) is 25.3 Å². The second-order valence-electron chi connectivity index (χ2n) is 4.71. The molecule has 0 aliphatic carbocycles. The first kappa shape index (κ1) is 11.1. The molecule has 0 atom stereocenters. The van der Waals surface area contributed by atoms with Crippen LogP contribution in [0.25, 0.3) is 21.8 Å². The predicted octanol–water partition coefficient (Wildman–Crippen LogP) is 5.05. The van der Waals surface area contributed by atoms with E-state index in [1.807, 2.05) is 0 Å². The molecule has 0 saturated carbocycles. The molecule has 0 aliphatic rings. The number of benzene rings is 2. The second-order valence-corrected chi connectivity index (χ2v) is 5.87. The summed E-state index contributed by atoms with van der Waals surface area (Å²) in [7, 11) is 0. The lowest BCUT2D eigenvalue weighted by molar-refractivity contribution is 0.874. The Morgan fingerprint density at radius 1 is 0.941 bits per heavy atom. The first-order chi connectivity index (χ1) is 8.18. The Hall–Kier alpha value is -1.03. The average molecular weight is 335 g/mol. The van der Waals surface area contributed by atoms with Crippen molar-refractivity contribution in [3.8, 4) is 0 Å². The molecule has 2 aromatic carbocycles. The summed E-state index contributed by atoms with van der Waals surface area (Å²) in [6.07, 6.45) is 0. The van der Waals surface area contributed by atoms with Crippen LogP contribution in [-0.4, -0.2) is 4.98 Å². The van der Waals surface area contributed by atoms with E-state index in [1.54, 1.807) is 0 Å². The number of aromatic amines is 1. The van der Waals surface area contributed by atoms with Crippen LogP contribution in [0.2, 0.25) is 0 Å². The zero-order chi connectivity index (χ0) is 12.0. The van der Waals surface area contributed by atoms with Crippen LogP contribution in [-0.2, 0) is 0 Å². The molecule has 0 amide bonds. The Bertz CT molecular complexity index is 695. The maximum atomic E-state index is 3.59. The van der Waals surface area contributed by atoms with Gasteiger partial charge >= 0.3 is 0 Å². The summed E-state index contributed by atoms with van der Waals surface area (Å²) in [4.78, 5) is 3.59. The zero-order valence-electron chi connectivity index (χ0n) is 9.92. The van der Waals surface area contributed by atoms with Gasteiger partial charge in [-0.1, -0.05) is 44.2 Å². The SMILES string of the molecule is CC(C)c1cccc2c1[nH]c1c(I)cccc12. The number of rotatable bonds is 1. The minimum atomic E-state index is 0.546. The van der Waals surface area contributed by atoms with Crippen molar-refractivity contribution in [3.05, 3.63) is 45.5 Å². The van der Waals surface area contributed by atoms with E-state index in [9.17, 15) is 0 Å². The van der Waals surface area contributed by atoms with Crippen LogP contribution in [0.5, 0.6) is 0 Å². The fourth-order valence-corrected chi connectivity index (χ4v) is 3.05. The molecule has 3 aromatic rings. The van der Waals surface area contributed by atoms with E-state index < -0.39 is 0 Å². The van der Waals surface area contributed by atoms with Gasteiger partial charge in [-0.25, -0.2) is 0 Å². The minimum Gasteiger partial charge on any atom is -0.353 e. The average Bonchev–Trinajstić information content (AvgIpc) is 2.69. The van der Waals surface area contributed by atoms with Crippen molar-refractivity contribution in [2.45, 2.75) is 19.8 Å². The smallest absolute Gasteiger partial charge is 0.0600 e. The van der Waals surface area contributed by atoms with Crippen molar-refractivity contribution in [2.24, 2.45) is 0 Å². The molecule has 0 spiro atoms. The van der Waals surface area contributed by atoms with Crippen LogP contribution in [0.15, 0.2) is 36.4 Å². The van der Waals surface area contributed by atoms with Gasteiger partial charge in [-0.05, 0) is 40.1 Å². The van der Waals surface area contributed by atoms with Gasteiger partial charge in [-0.2, -0.15) is 0 Å². The van der Waals surface area contributed by atoms with Crippen molar-refractivity contribution in [2.75, 3.05) is 0 Å². The summed E-state index contributed by atoms with van der Waals surface area (Å²) in [6.45, 7) is 4.48. The van der Waals surface area contributed by atoms with Gasteiger partial charge in [0.25, 0.3) is 0 Å². The van der Waals surface area contributed by atoms with Gasteiger partial charge in [0, 0.05) is 19.9 Å². The van der Waals surface area contributed by atoms with Crippen LogP contribution >= 0.6 is 22.6 Å². The number of fused-ring (bicyclic) bond motifs is 3. The van der Waals surface area contributed by atoms with E-state index >= 15 is 0 Å². The number of hydrogen-bond donors (Lipinski definition) is 1. The highest BCUT2D eigenvalue weighted by atomic mass is 127. The van der Waals surface area contributed by atoms with Gasteiger partial charge in [0.05, 0.1) is 5.52 Å². The molecule has 0 fully saturated rings. The van der Waals surface area contributed by atoms with Crippen LogP contribution in [0, 0.1) is 3.57 Å². The minimum absolute atomic E-state index is 0.546. The molecule has 0 radical (unpaired) electrons. The van der Waals surface area contributed by atoms with Gasteiger partial charge in [-0.15, -0.1) is 0 Å². The van der Waals surface area contributed by atoms with Crippen LogP contribution in [0.4, 0.5) is 0 Å². The summed E-state index contributed by atoms with van der Waals surface area (Å²) in [6, 6.07) is 13.0. The Kier molecular flexibility index (Phi) is 2.62. The molecule has 17 heavy (non-hydrogen) atoms. The number of para-hydroxylation sites is 2. The first-order valence-electron chi connectivity index (χ1n) is 5.87. The lowest BCUT2D eigenvalue weighted by Gasteiger charge is -2.06.